The first kappa shape index (κ1) is 19.8. The number of carbonyl (C=O) groups is 1. The van der Waals surface area contributed by atoms with Crippen molar-refractivity contribution in [3.63, 3.8) is 0 Å². The van der Waals surface area contributed by atoms with Gasteiger partial charge in [0.15, 0.2) is 5.58 Å². The summed E-state index contributed by atoms with van der Waals surface area (Å²) in [6, 6.07) is 17.9. The van der Waals surface area contributed by atoms with E-state index in [-0.39, 0.29) is 12.5 Å². The summed E-state index contributed by atoms with van der Waals surface area (Å²) >= 11 is 0. The highest BCUT2D eigenvalue weighted by molar-refractivity contribution is 5.97. The average Bonchev–Trinajstić information content (AvgIpc) is 3.24. The Labute approximate surface area is 170 Å². The second-order valence-corrected chi connectivity index (χ2v) is 7.09. The van der Waals surface area contributed by atoms with Crippen molar-refractivity contribution in [2.75, 3.05) is 0 Å². The fourth-order valence-electron chi connectivity index (χ4n) is 3.37. The number of rotatable bonds is 5. The van der Waals surface area contributed by atoms with Crippen LogP contribution in [0.15, 0.2) is 71.1 Å². The molecule has 0 saturated heterocycles. The lowest BCUT2D eigenvalue weighted by Gasteiger charge is -2.12. The predicted molar refractivity (Wildman–Crippen MR) is 107 cm³/mol. The van der Waals surface area contributed by atoms with E-state index in [0.29, 0.717) is 29.1 Å². The van der Waals surface area contributed by atoms with Gasteiger partial charge in [-0.15, -0.1) is 0 Å². The topological polar surface area (TPSA) is 47.2 Å². The number of hydrogen-bond acceptors (Lipinski definition) is 2. The Hall–Kier alpha value is -3.48. The molecule has 0 aliphatic carbocycles. The van der Waals surface area contributed by atoms with Crippen LogP contribution in [0, 0.1) is 6.92 Å². The van der Waals surface area contributed by atoms with Crippen LogP contribution in [0.25, 0.3) is 11.1 Å². The molecule has 0 unspecified atom stereocenters. The Morgan fingerprint density at radius 1 is 1.00 bits per heavy atom. The first-order chi connectivity index (χ1) is 14.3. The van der Waals surface area contributed by atoms with Gasteiger partial charge in [-0.25, -0.2) is 0 Å². The normalized spacial score (nSPS) is 11.7. The second kappa shape index (κ2) is 7.74. The van der Waals surface area contributed by atoms with Crippen LogP contribution in [0.5, 0.6) is 0 Å². The van der Waals surface area contributed by atoms with Crippen molar-refractivity contribution >= 4 is 17.0 Å². The average molecular weight is 412 g/mol. The summed E-state index contributed by atoms with van der Waals surface area (Å²) in [6.07, 6.45) is -4.39. The van der Waals surface area contributed by atoms with Crippen molar-refractivity contribution in [1.29, 1.82) is 0 Å². The van der Waals surface area contributed by atoms with Gasteiger partial charge >= 0.3 is 6.18 Å². The molecule has 0 radical (unpaired) electrons. The van der Waals surface area contributed by atoms with E-state index in [1.54, 1.807) is 17.6 Å². The Kier molecular flexibility index (Phi) is 5.11. The third-order valence-corrected chi connectivity index (χ3v) is 4.86. The van der Waals surface area contributed by atoms with E-state index in [1.165, 1.54) is 12.1 Å². The molecule has 1 N–H and O–H groups in total. The van der Waals surface area contributed by atoms with Crippen molar-refractivity contribution in [3.8, 4) is 0 Å². The number of alkyl halides is 3. The number of hydrogen-bond donors (Lipinski definition) is 1. The molecule has 2 aromatic carbocycles. The van der Waals surface area contributed by atoms with Crippen LogP contribution >= 0.6 is 0 Å². The quantitative estimate of drug-likeness (QED) is 0.468. The van der Waals surface area contributed by atoms with Crippen LogP contribution in [0.4, 0.5) is 13.2 Å². The Morgan fingerprint density at radius 2 is 1.70 bits per heavy atom. The molecule has 2 aromatic heterocycles. The van der Waals surface area contributed by atoms with Crippen molar-refractivity contribution in [2.24, 2.45) is 0 Å². The number of benzene rings is 2. The van der Waals surface area contributed by atoms with Crippen LogP contribution in [-0.4, -0.2) is 10.5 Å². The zero-order valence-electron chi connectivity index (χ0n) is 16.2. The number of fused-ring (bicyclic) bond motifs is 1. The molecule has 154 valence electrons. The van der Waals surface area contributed by atoms with Crippen molar-refractivity contribution in [1.82, 2.24) is 9.88 Å². The Morgan fingerprint density at radius 3 is 2.37 bits per heavy atom. The van der Waals surface area contributed by atoms with E-state index in [9.17, 15) is 18.0 Å². The van der Waals surface area contributed by atoms with E-state index in [4.69, 9.17) is 4.42 Å². The Bertz CT molecular complexity index is 1170. The Balaban J connectivity index is 1.62. The second-order valence-electron chi connectivity index (χ2n) is 7.09. The standard InChI is InChI=1S/C23H19F3N2O2/c1-15-11-19-21(30-15)12-20(22(29)27-13-16-5-3-2-4-6-16)28(19)14-17-7-9-18(10-8-17)23(24,25)26/h2-12H,13-14H2,1H3,(H,27,29). The van der Waals surface area contributed by atoms with Gasteiger partial charge in [-0.3, -0.25) is 4.79 Å². The molecule has 4 rings (SSSR count). The predicted octanol–water partition coefficient (Wildman–Crippen LogP) is 5.54. The lowest BCUT2D eigenvalue weighted by Crippen LogP contribution is -2.25. The maximum atomic E-state index is 12.8. The lowest BCUT2D eigenvalue weighted by molar-refractivity contribution is -0.137. The van der Waals surface area contributed by atoms with Gasteiger partial charge in [0.2, 0.25) is 0 Å². The van der Waals surface area contributed by atoms with Gasteiger partial charge in [0.25, 0.3) is 5.91 Å². The highest BCUT2D eigenvalue weighted by Gasteiger charge is 2.30. The van der Waals surface area contributed by atoms with Gasteiger partial charge in [0.1, 0.15) is 11.5 Å². The summed E-state index contributed by atoms with van der Waals surface area (Å²) in [7, 11) is 0. The maximum absolute atomic E-state index is 12.8. The monoisotopic (exact) mass is 412 g/mol. The van der Waals surface area contributed by atoms with Crippen molar-refractivity contribution in [3.05, 3.63) is 94.9 Å². The number of amides is 1. The largest absolute Gasteiger partial charge is 0.460 e. The van der Waals surface area contributed by atoms with Gasteiger partial charge in [0.05, 0.1) is 11.1 Å². The van der Waals surface area contributed by atoms with E-state index in [1.807, 2.05) is 36.4 Å². The molecule has 0 aliphatic heterocycles. The summed E-state index contributed by atoms with van der Waals surface area (Å²) in [6.45, 7) is 2.41. The third kappa shape index (κ3) is 4.10. The van der Waals surface area contributed by atoms with E-state index < -0.39 is 11.7 Å². The SMILES string of the molecule is Cc1cc2c(cc(C(=O)NCc3ccccc3)n2Cc2ccc(C(F)(F)F)cc2)o1. The van der Waals surface area contributed by atoms with E-state index in [2.05, 4.69) is 5.32 Å². The van der Waals surface area contributed by atoms with Gasteiger partial charge in [-0.05, 0) is 30.2 Å². The molecule has 0 fully saturated rings. The lowest BCUT2D eigenvalue weighted by atomic mass is 10.1. The van der Waals surface area contributed by atoms with Crippen molar-refractivity contribution < 1.29 is 22.4 Å². The van der Waals surface area contributed by atoms with E-state index >= 15 is 0 Å². The highest BCUT2D eigenvalue weighted by atomic mass is 19.4. The molecule has 0 atom stereocenters. The molecule has 30 heavy (non-hydrogen) atoms. The van der Waals surface area contributed by atoms with Crippen LogP contribution in [0.1, 0.15) is 32.9 Å². The minimum Gasteiger partial charge on any atom is -0.460 e. The van der Waals surface area contributed by atoms with E-state index in [0.717, 1.165) is 23.2 Å². The zero-order chi connectivity index (χ0) is 21.3. The highest BCUT2D eigenvalue weighted by Crippen LogP contribution is 2.30. The van der Waals surface area contributed by atoms with Gasteiger partial charge in [-0.1, -0.05) is 42.5 Å². The van der Waals surface area contributed by atoms with Crippen LogP contribution in [-0.2, 0) is 19.3 Å². The summed E-state index contributed by atoms with van der Waals surface area (Å²) in [4.78, 5) is 12.8. The fraction of sp³-hybridized carbons (Fsp3) is 0.174. The first-order valence-corrected chi connectivity index (χ1v) is 9.39. The minimum absolute atomic E-state index is 0.245. The first-order valence-electron chi connectivity index (χ1n) is 9.39. The number of nitrogens with one attached hydrogen (secondary N) is 1. The molecule has 0 saturated carbocycles. The fourth-order valence-corrected chi connectivity index (χ4v) is 3.37. The zero-order valence-corrected chi connectivity index (χ0v) is 16.2. The van der Waals surface area contributed by atoms with Crippen LogP contribution in [0.2, 0.25) is 0 Å². The molecule has 4 nitrogen and oxygen atoms in total. The number of furan rings is 1. The third-order valence-electron chi connectivity index (χ3n) is 4.86. The number of aryl methyl sites for hydroxylation is 1. The van der Waals surface area contributed by atoms with Gasteiger partial charge in [0, 0.05) is 25.2 Å². The molecular weight excluding hydrogens is 393 g/mol. The summed E-state index contributed by atoms with van der Waals surface area (Å²) in [5.74, 6) is 0.409. The molecule has 1 amide bonds. The smallest absolute Gasteiger partial charge is 0.416 e. The molecule has 7 heteroatoms. The molecule has 0 aliphatic rings. The summed E-state index contributed by atoms with van der Waals surface area (Å²) in [5, 5.41) is 2.89. The van der Waals surface area contributed by atoms with Crippen LogP contribution in [0.3, 0.4) is 0 Å². The van der Waals surface area contributed by atoms with Gasteiger partial charge in [-0.2, -0.15) is 13.2 Å². The molecule has 2 heterocycles. The van der Waals surface area contributed by atoms with Crippen molar-refractivity contribution in [2.45, 2.75) is 26.2 Å². The summed E-state index contributed by atoms with van der Waals surface area (Å²) < 4.78 is 45.9. The molecule has 0 bridgehead atoms. The van der Waals surface area contributed by atoms with Crippen LogP contribution < -0.4 is 5.32 Å². The molecule has 0 spiro atoms. The molecular formula is C23H19F3N2O2. The number of nitrogens with zero attached hydrogens (tertiary/aromatic N) is 1. The number of carbonyl (C=O) groups excluding carboxylic acids is 1. The van der Waals surface area contributed by atoms with Gasteiger partial charge < -0.3 is 14.3 Å². The number of halogens is 3. The maximum Gasteiger partial charge on any atom is 0.416 e. The minimum atomic E-state index is -4.39. The number of aromatic nitrogens is 1. The molecule has 4 aromatic rings. The summed E-state index contributed by atoms with van der Waals surface area (Å²) in [5.41, 5.74) is 2.58.